The van der Waals surface area contributed by atoms with Crippen molar-refractivity contribution in [2.24, 2.45) is 0 Å². The molecule has 0 saturated heterocycles. The summed E-state index contributed by atoms with van der Waals surface area (Å²) in [6, 6.07) is 18.4. The molecule has 0 amide bonds. The van der Waals surface area contributed by atoms with Gasteiger partial charge in [0, 0.05) is 33.7 Å². The SMILES string of the molecule is c1ccc(Nc2ncc3c(n2)-c2ccccc2SC3)cc1. The Hall–Kier alpha value is -2.33. The number of fused-ring (bicyclic) bond motifs is 3. The fraction of sp³-hybridized carbons (Fsp3) is 0.0588. The molecule has 1 aliphatic rings. The molecule has 4 rings (SSSR count). The Morgan fingerprint density at radius 3 is 2.67 bits per heavy atom. The van der Waals surface area contributed by atoms with E-state index in [1.807, 2.05) is 48.3 Å². The lowest BCUT2D eigenvalue weighted by molar-refractivity contribution is 1.11. The summed E-state index contributed by atoms with van der Waals surface area (Å²) in [6.45, 7) is 0. The minimum absolute atomic E-state index is 0.640. The van der Waals surface area contributed by atoms with Crippen LogP contribution in [0.3, 0.4) is 0 Å². The molecule has 0 unspecified atom stereocenters. The summed E-state index contributed by atoms with van der Waals surface area (Å²) < 4.78 is 0. The number of anilines is 2. The van der Waals surface area contributed by atoms with Crippen molar-refractivity contribution in [2.45, 2.75) is 10.6 Å². The van der Waals surface area contributed by atoms with Gasteiger partial charge < -0.3 is 5.32 Å². The minimum atomic E-state index is 0.640. The van der Waals surface area contributed by atoms with Crippen molar-refractivity contribution in [3.05, 3.63) is 66.4 Å². The van der Waals surface area contributed by atoms with Crippen molar-refractivity contribution >= 4 is 23.4 Å². The van der Waals surface area contributed by atoms with Gasteiger partial charge in [-0.1, -0.05) is 36.4 Å². The first-order valence-corrected chi connectivity index (χ1v) is 7.79. The molecule has 0 bridgehead atoms. The highest BCUT2D eigenvalue weighted by atomic mass is 32.2. The summed E-state index contributed by atoms with van der Waals surface area (Å²) in [5.74, 6) is 1.57. The fourth-order valence-electron chi connectivity index (χ4n) is 2.40. The standard InChI is InChI=1S/C17H13N3S/c1-2-6-13(7-3-1)19-17-18-10-12-11-21-15-9-5-4-8-14(15)16(12)20-17/h1-10H,11H2,(H,18,19,20). The third kappa shape index (κ3) is 2.38. The number of thioether (sulfide) groups is 1. The van der Waals surface area contributed by atoms with Crippen molar-refractivity contribution in [3.8, 4) is 11.3 Å². The van der Waals surface area contributed by atoms with Gasteiger partial charge in [-0.2, -0.15) is 0 Å². The second kappa shape index (κ2) is 5.22. The Morgan fingerprint density at radius 1 is 0.952 bits per heavy atom. The van der Waals surface area contributed by atoms with Crippen molar-refractivity contribution in [2.75, 3.05) is 5.32 Å². The molecule has 1 aromatic heterocycles. The Bertz CT molecular complexity index is 787. The van der Waals surface area contributed by atoms with Gasteiger partial charge in [0.25, 0.3) is 0 Å². The predicted molar refractivity (Wildman–Crippen MR) is 86.8 cm³/mol. The Balaban J connectivity index is 1.74. The largest absolute Gasteiger partial charge is 0.324 e. The van der Waals surface area contributed by atoms with Crippen molar-refractivity contribution in [1.29, 1.82) is 0 Å². The summed E-state index contributed by atoms with van der Waals surface area (Å²) in [4.78, 5) is 10.4. The van der Waals surface area contributed by atoms with Crippen molar-refractivity contribution in [3.63, 3.8) is 0 Å². The summed E-state index contributed by atoms with van der Waals surface area (Å²) in [7, 11) is 0. The maximum absolute atomic E-state index is 4.71. The number of nitrogens with zero attached hydrogens (tertiary/aromatic N) is 2. The van der Waals surface area contributed by atoms with E-state index in [4.69, 9.17) is 4.98 Å². The molecule has 0 saturated carbocycles. The highest BCUT2D eigenvalue weighted by molar-refractivity contribution is 7.98. The van der Waals surface area contributed by atoms with Crippen LogP contribution in [0.1, 0.15) is 5.56 Å². The van der Waals surface area contributed by atoms with Gasteiger partial charge in [-0.3, -0.25) is 0 Å². The topological polar surface area (TPSA) is 37.8 Å². The van der Waals surface area contributed by atoms with Crippen LogP contribution in [0.15, 0.2) is 65.7 Å². The second-order valence-corrected chi connectivity index (χ2v) is 5.86. The Morgan fingerprint density at radius 2 is 1.76 bits per heavy atom. The van der Waals surface area contributed by atoms with Gasteiger partial charge in [0.1, 0.15) is 0 Å². The highest BCUT2D eigenvalue weighted by Crippen LogP contribution is 2.40. The van der Waals surface area contributed by atoms with Crippen LogP contribution in [0.4, 0.5) is 11.6 Å². The summed E-state index contributed by atoms with van der Waals surface area (Å²) >= 11 is 1.84. The number of nitrogens with one attached hydrogen (secondary N) is 1. The van der Waals surface area contributed by atoms with Crippen molar-refractivity contribution < 1.29 is 0 Å². The van der Waals surface area contributed by atoms with E-state index in [2.05, 4.69) is 34.6 Å². The molecule has 3 aromatic rings. The first kappa shape index (κ1) is 12.4. The van der Waals surface area contributed by atoms with Gasteiger partial charge in [-0.05, 0) is 18.2 Å². The summed E-state index contributed by atoms with van der Waals surface area (Å²) in [6.07, 6.45) is 1.93. The number of rotatable bonds is 2. The Labute approximate surface area is 127 Å². The number of hydrogen-bond acceptors (Lipinski definition) is 4. The van der Waals surface area contributed by atoms with Gasteiger partial charge in [0.2, 0.25) is 5.95 Å². The number of hydrogen-bond donors (Lipinski definition) is 1. The second-order valence-electron chi connectivity index (χ2n) is 4.84. The van der Waals surface area contributed by atoms with E-state index in [1.54, 1.807) is 0 Å². The maximum Gasteiger partial charge on any atom is 0.227 e. The zero-order chi connectivity index (χ0) is 14.1. The van der Waals surface area contributed by atoms with E-state index < -0.39 is 0 Å². The van der Waals surface area contributed by atoms with Gasteiger partial charge in [0.05, 0.1) is 5.69 Å². The van der Waals surface area contributed by atoms with E-state index in [0.717, 1.165) is 17.1 Å². The molecule has 21 heavy (non-hydrogen) atoms. The lowest BCUT2D eigenvalue weighted by Gasteiger charge is -2.18. The third-order valence-electron chi connectivity index (χ3n) is 3.42. The van der Waals surface area contributed by atoms with Gasteiger partial charge in [0.15, 0.2) is 0 Å². The van der Waals surface area contributed by atoms with E-state index in [1.165, 1.54) is 16.0 Å². The van der Waals surface area contributed by atoms with Crippen LogP contribution in [0.5, 0.6) is 0 Å². The van der Waals surface area contributed by atoms with Crippen LogP contribution in [0.2, 0.25) is 0 Å². The van der Waals surface area contributed by atoms with Crippen LogP contribution in [-0.2, 0) is 5.75 Å². The molecule has 3 nitrogen and oxygen atoms in total. The monoisotopic (exact) mass is 291 g/mol. The number of aromatic nitrogens is 2. The molecule has 2 aromatic carbocycles. The highest BCUT2D eigenvalue weighted by Gasteiger charge is 2.18. The van der Waals surface area contributed by atoms with E-state index in [0.29, 0.717) is 5.95 Å². The van der Waals surface area contributed by atoms with E-state index in [9.17, 15) is 0 Å². The molecule has 2 heterocycles. The van der Waals surface area contributed by atoms with Gasteiger partial charge in [-0.15, -0.1) is 11.8 Å². The molecule has 0 spiro atoms. The molecule has 1 aliphatic heterocycles. The van der Waals surface area contributed by atoms with E-state index in [-0.39, 0.29) is 0 Å². The average Bonchev–Trinajstić information content (AvgIpc) is 2.56. The lowest BCUT2D eigenvalue weighted by atomic mass is 10.1. The molecule has 4 heteroatoms. The van der Waals surface area contributed by atoms with Crippen LogP contribution in [0.25, 0.3) is 11.3 Å². The molecule has 0 radical (unpaired) electrons. The molecular weight excluding hydrogens is 278 g/mol. The van der Waals surface area contributed by atoms with Crippen LogP contribution in [-0.4, -0.2) is 9.97 Å². The number of para-hydroxylation sites is 1. The minimum Gasteiger partial charge on any atom is -0.324 e. The summed E-state index contributed by atoms with van der Waals surface area (Å²) in [5, 5.41) is 3.26. The Kier molecular flexibility index (Phi) is 3.09. The zero-order valence-electron chi connectivity index (χ0n) is 11.3. The van der Waals surface area contributed by atoms with Gasteiger partial charge in [-0.25, -0.2) is 9.97 Å². The average molecular weight is 291 g/mol. The normalized spacial score (nSPS) is 12.4. The third-order valence-corrected chi connectivity index (χ3v) is 4.54. The lowest BCUT2D eigenvalue weighted by Crippen LogP contribution is -2.04. The van der Waals surface area contributed by atoms with Gasteiger partial charge >= 0.3 is 0 Å². The molecule has 1 N–H and O–H groups in total. The quantitative estimate of drug-likeness (QED) is 0.754. The smallest absolute Gasteiger partial charge is 0.227 e. The first-order chi connectivity index (χ1) is 10.4. The molecule has 0 atom stereocenters. The van der Waals surface area contributed by atoms with Crippen molar-refractivity contribution in [1.82, 2.24) is 9.97 Å². The molecule has 0 aliphatic carbocycles. The first-order valence-electron chi connectivity index (χ1n) is 6.80. The fourth-order valence-corrected chi connectivity index (χ4v) is 3.42. The molecule has 0 fully saturated rings. The molecular formula is C17H13N3S. The predicted octanol–water partition coefficient (Wildman–Crippen LogP) is 4.49. The summed E-state index contributed by atoms with van der Waals surface area (Å²) in [5.41, 5.74) is 4.42. The number of benzene rings is 2. The van der Waals surface area contributed by atoms with Crippen LogP contribution >= 0.6 is 11.8 Å². The van der Waals surface area contributed by atoms with Crippen LogP contribution < -0.4 is 5.32 Å². The zero-order valence-corrected chi connectivity index (χ0v) is 12.1. The van der Waals surface area contributed by atoms with E-state index >= 15 is 0 Å². The van der Waals surface area contributed by atoms with Crippen LogP contribution in [0, 0.1) is 0 Å². The maximum atomic E-state index is 4.71. The molecule has 102 valence electrons.